The number of piperazine rings is 1. The predicted octanol–water partition coefficient (Wildman–Crippen LogP) is 2.50. The van der Waals surface area contributed by atoms with Crippen LogP contribution in [0.1, 0.15) is 5.01 Å². The highest BCUT2D eigenvalue weighted by atomic mass is 32.1. The number of benzene rings is 1. The van der Waals surface area contributed by atoms with Gasteiger partial charge >= 0.3 is 0 Å². The van der Waals surface area contributed by atoms with Gasteiger partial charge in [0.1, 0.15) is 5.01 Å². The fraction of sp³-hybridized carbons (Fsp3) is 0.300. The molecule has 1 aromatic carbocycles. The van der Waals surface area contributed by atoms with Gasteiger partial charge in [-0.25, -0.2) is 15.0 Å². The van der Waals surface area contributed by atoms with E-state index in [0.717, 1.165) is 54.4 Å². The van der Waals surface area contributed by atoms with Crippen molar-refractivity contribution in [1.29, 1.82) is 0 Å². The van der Waals surface area contributed by atoms with E-state index in [-0.39, 0.29) is 0 Å². The highest BCUT2D eigenvalue weighted by Gasteiger charge is 2.21. The van der Waals surface area contributed by atoms with Crippen LogP contribution in [0, 0.1) is 0 Å². The van der Waals surface area contributed by atoms with E-state index in [1.165, 1.54) is 0 Å². The first-order chi connectivity index (χ1) is 13.8. The van der Waals surface area contributed by atoms with Crippen molar-refractivity contribution in [1.82, 2.24) is 25.2 Å². The van der Waals surface area contributed by atoms with E-state index < -0.39 is 0 Å². The van der Waals surface area contributed by atoms with Crippen LogP contribution in [-0.2, 0) is 6.54 Å². The number of hydrogen-bond donors (Lipinski definition) is 1. The molecule has 1 aliphatic rings. The number of hydrogen-bond acceptors (Lipinski definition) is 6. The quantitative estimate of drug-likeness (QED) is 0.543. The molecule has 144 valence electrons. The average Bonchev–Trinajstić information content (AvgIpc) is 3.25. The first kappa shape index (κ1) is 18.4. The molecular weight excluding hydrogens is 370 g/mol. The maximum absolute atomic E-state index is 4.74. The van der Waals surface area contributed by atoms with Crippen LogP contribution in [0.2, 0.25) is 0 Å². The standard InChI is InChI=1S/C20H23N7S/c1-21-19(26-10-12-27(13-11-26)20-22-8-5-9-23-20)24-14-18-25-17(15-28-18)16-6-3-2-4-7-16/h2-9,15H,10-14H2,1H3,(H,21,24). The zero-order chi connectivity index (χ0) is 19.2. The summed E-state index contributed by atoms with van der Waals surface area (Å²) in [4.78, 5) is 22.3. The normalized spacial score (nSPS) is 15.0. The zero-order valence-corrected chi connectivity index (χ0v) is 16.6. The molecule has 0 radical (unpaired) electrons. The number of thiazole rings is 1. The van der Waals surface area contributed by atoms with Gasteiger partial charge in [-0.2, -0.15) is 0 Å². The molecule has 0 unspecified atom stereocenters. The van der Waals surface area contributed by atoms with E-state index in [4.69, 9.17) is 4.98 Å². The van der Waals surface area contributed by atoms with Gasteiger partial charge in [-0.1, -0.05) is 30.3 Å². The Bertz CT molecular complexity index is 903. The van der Waals surface area contributed by atoms with E-state index >= 15 is 0 Å². The molecule has 0 bridgehead atoms. The fourth-order valence-corrected chi connectivity index (χ4v) is 3.94. The predicted molar refractivity (Wildman–Crippen MR) is 114 cm³/mol. The molecule has 0 amide bonds. The molecule has 3 heterocycles. The Kier molecular flexibility index (Phi) is 5.77. The van der Waals surface area contributed by atoms with Gasteiger partial charge in [-0.3, -0.25) is 4.99 Å². The maximum atomic E-state index is 4.74. The van der Waals surface area contributed by atoms with E-state index in [1.54, 1.807) is 23.7 Å². The van der Waals surface area contributed by atoms with Gasteiger partial charge in [0.25, 0.3) is 0 Å². The van der Waals surface area contributed by atoms with Gasteiger partial charge in [0.2, 0.25) is 5.95 Å². The lowest BCUT2D eigenvalue weighted by molar-refractivity contribution is 0.370. The third-order valence-electron chi connectivity index (χ3n) is 4.65. The van der Waals surface area contributed by atoms with Gasteiger partial charge in [-0.15, -0.1) is 11.3 Å². The summed E-state index contributed by atoms with van der Waals surface area (Å²) < 4.78 is 0. The second-order valence-electron chi connectivity index (χ2n) is 6.42. The lowest BCUT2D eigenvalue weighted by Crippen LogP contribution is -2.52. The highest BCUT2D eigenvalue weighted by molar-refractivity contribution is 7.09. The monoisotopic (exact) mass is 393 g/mol. The topological polar surface area (TPSA) is 69.5 Å². The molecule has 1 saturated heterocycles. The number of aliphatic imine (C=N–C) groups is 1. The smallest absolute Gasteiger partial charge is 0.225 e. The lowest BCUT2D eigenvalue weighted by Gasteiger charge is -2.36. The third kappa shape index (κ3) is 4.28. The molecule has 1 fully saturated rings. The minimum atomic E-state index is 0.673. The number of nitrogens with zero attached hydrogens (tertiary/aromatic N) is 6. The number of rotatable bonds is 4. The molecule has 4 rings (SSSR count). The van der Waals surface area contributed by atoms with Crippen molar-refractivity contribution in [2.45, 2.75) is 6.54 Å². The lowest BCUT2D eigenvalue weighted by atomic mass is 10.2. The molecule has 1 N–H and O–H groups in total. The van der Waals surface area contributed by atoms with Crippen molar-refractivity contribution in [3.63, 3.8) is 0 Å². The van der Waals surface area contributed by atoms with E-state index in [1.807, 2.05) is 31.3 Å². The second-order valence-corrected chi connectivity index (χ2v) is 7.36. The maximum Gasteiger partial charge on any atom is 0.225 e. The van der Waals surface area contributed by atoms with Crippen LogP contribution in [-0.4, -0.2) is 59.0 Å². The SMILES string of the molecule is CN=C(NCc1nc(-c2ccccc2)cs1)N1CCN(c2ncccn2)CC1. The summed E-state index contributed by atoms with van der Waals surface area (Å²) >= 11 is 1.67. The largest absolute Gasteiger partial charge is 0.350 e. The summed E-state index contributed by atoms with van der Waals surface area (Å²) in [6.45, 7) is 4.18. The van der Waals surface area contributed by atoms with Crippen LogP contribution in [0.5, 0.6) is 0 Å². The Hall–Kier alpha value is -3.00. The van der Waals surface area contributed by atoms with Gasteiger partial charge in [0, 0.05) is 56.6 Å². The summed E-state index contributed by atoms with van der Waals surface area (Å²) in [6, 6.07) is 12.1. The Labute approximate surface area is 168 Å². The van der Waals surface area contributed by atoms with Crippen LogP contribution >= 0.6 is 11.3 Å². The third-order valence-corrected chi connectivity index (χ3v) is 5.49. The fourth-order valence-electron chi connectivity index (χ4n) is 3.19. The Morgan fingerprint density at radius 1 is 1.07 bits per heavy atom. The first-order valence-corrected chi connectivity index (χ1v) is 10.2. The minimum Gasteiger partial charge on any atom is -0.350 e. The van der Waals surface area contributed by atoms with E-state index in [9.17, 15) is 0 Å². The first-order valence-electron chi connectivity index (χ1n) is 9.31. The molecule has 7 nitrogen and oxygen atoms in total. The minimum absolute atomic E-state index is 0.673. The number of nitrogens with one attached hydrogen (secondary N) is 1. The molecule has 28 heavy (non-hydrogen) atoms. The zero-order valence-electron chi connectivity index (χ0n) is 15.8. The number of anilines is 1. The Morgan fingerprint density at radius 2 is 1.82 bits per heavy atom. The average molecular weight is 394 g/mol. The van der Waals surface area contributed by atoms with Crippen LogP contribution in [0.4, 0.5) is 5.95 Å². The molecule has 3 aromatic rings. The van der Waals surface area contributed by atoms with Gasteiger partial charge in [0.15, 0.2) is 5.96 Å². The molecular formula is C20H23N7S. The van der Waals surface area contributed by atoms with E-state index in [0.29, 0.717) is 6.54 Å². The van der Waals surface area contributed by atoms with Crippen molar-refractivity contribution in [2.75, 3.05) is 38.1 Å². The van der Waals surface area contributed by atoms with Crippen molar-refractivity contribution in [2.24, 2.45) is 4.99 Å². The Morgan fingerprint density at radius 3 is 2.54 bits per heavy atom. The highest BCUT2D eigenvalue weighted by Crippen LogP contribution is 2.21. The molecule has 0 saturated carbocycles. The second kappa shape index (κ2) is 8.79. The van der Waals surface area contributed by atoms with Crippen LogP contribution in [0.15, 0.2) is 59.2 Å². The van der Waals surface area contributed by atoms with Crippen molar-refractivity contribution >= 4 is 23.2 Å². The molecule has 1 aliphatic heterocycles. The molecule has 0 aliphatic carbocycles. The summed E-state index contributed by atoms with van der Waals surface area (Å²) in [7, 11) is 1.83. The Balaban J connectivity index is 1.32. The van der Waals surface area contributed by atoms with Crippen LogP contribution < -0.4 is 10.2 Å². The van der Waals surface area contributed by atoms with Gasteiger partial charge in [0.05, 0.1) is 12.2 Å². The molecule has 0 spiro atoms. The van der Waals surface area contributed by atoms with Gasteiger partial charge < -0.3 is 15.1 Å². The molecule has 8 heteroatoms. The summed E-state index contributed by atoms with van der Waals surface area (Å²) in [5, 5.41) is 6.61. The molecule has 2 aromatic heterocycles. The molecule has 0 atom stereocenters. The summed E-state index contributed by atoms with van der Waals surface area (Å²) in [5.41, 5.74) is 2.17. The summed E-state index contributed by atoms with van der Waals surface area (Å²) in [6.07, 6.45) is 3.57. The van der Waals surface area contributed by atoms with Crippen molar-refractivity contribution in [3.8, 4) is 11.3 Å². The van der Waals surface area contributed by atoms with Gasteiger partial charge in [-0.05, 0) is 6.07 Å². The van der Waals surface area contributed by atoms with Crippen LogP contribution in [0.25, 0.3) is 11.3 Å². The van der Waals surface area contributed by atoms with Crippen molar-refractivity contribution in [3.05, 3.63) is 59.2 Å². The van der Waals surface area contributed by atoms with Crippen molar-refractivity contribution < 1.29 is 0 Å². The number of guanidine groups is 1. The number of aromatic nitrogens is 3. The summed E-state index contributed by atoms with van der Waals surface area (Å²) in [5.74, 6) is 1.70. The van der Waals surface area contributed by atoms with Crippen LogP contribution in [0.3, 0.4) is 0 Å². The van der Waals surface area contributed by atoms with E-state index in [2.05, 4.69) is 47.6 Å².